The van der Waals surface area contributed by atoms with Crippen molar-refractivity contribution in [3.63, 3.8) is 0 Å². The van der Waals surface area contributed by atoms with Crippen LogP contribution in [0.15, 0.2) is 34.1 Å². The Kier molecular flexibility index (Phi) is 4.31. The first-order valence-electron chi connectivity index (χ1n) is 7.37. The van der Waals surface area contributed by atoms with E-state index < -0.39 is 21.4 Å². The fraction of sp³-hybridized carbons (Fsp3) is 0.312. The third-order valence-electron chi connectivity index (χ3n) is 3.46. The fourth-order valence-corrected chi connectivity index (χ4v) is 3.53. The molecule has 0 aliphatic heterocycles. The number of aromatic nitrogens is 1. The van der Waals surface area contributed by atoms with Gasteiger partial charge in [0.25, 0.3) is 0 Å². The molecule has 0 saturated heterocycles. The summed E-state index contributed by atoms with van der Waals surface area (Å²) in [5, 5.41) is 2.94. The second-order valence-electron chi connectivity index (χ2n) is 6.58. The molecule has 0 amide bonds. The summed E-state index contributed by atoms with van der Waals surface area (Å²) in [7, 11) is -5.72. The molecule has 0 radical (unpaired) electrons. The van der Waals surface area contributed by atoms with Gasteiger partial charge in [-0.25, -0.2) is 4.98 Å². The number of benzene rings is 1. The molecule has 0 atom stereocenters. The SMILES string of the molecule is CC(C)(C)c1csc(-c2cc3cc(OS(=O)(=O)C(F)(F)F)ccc3o2)n1. The van der Waals surface area contributed by atoms with E-state index in [9.17, 15) is 21.6 Å². The lowest BCUT2D eigenvalue weighted by Crippen LogP contribution is -2.27. The van der Waals surface area contributed by atoms with Gasteiger partial charge in [0, 0.05) is 16.2 Å². The molecule has 5 nitrogen and oxygen atoms in total. The summed E-state index contributed by atoms with van der Waals surface area (Å²) in [4.78, 5) is 4.51. The Morgan fingerprint density at radius 2 is 1.85 bits per heavy atom. The van der Waals surface area contributed by atoms with Gasteiger partial charge in [-0.05, 0) is 24.3 Å². The zero-order valence-corrected chi connectivity index (χ0v) is 15.6. The van der Waals surface area contributed by atoms with E-state index in [1.54, 1.807) is 6.07 Å². The van der Waals surface area contributed by atoms with Gasteiger partial charge < -0.3 is 8.60 Å². The van der Waals surface area contributed by atoms with Crippen molar-refractivity contribution >= 4 is 32.4 Å². The predicted octanol–water partition coefficient (Wildman–Crippen LogP) is 5.08. The summed E-state index contributed by atoms with van der Waals surface area (Å²) in [6.07, 6.45) is 0. The second-order valence-corrected chi connectivity index (χ2v) is 8.98. The van der Waals surface area contributed by atoms with Crippen molar-refractivity contribution in [3.8, 4) is 16.5 Å². The van der Waals surface area contributed by atoms with Crippen LogP contribution in [-0.2, 0) is 15.5 Å². The Labute approximate surface area is 151 Å². The summed E-state index contributed by atoms with van der Waals surface area (Å²) < 4.78 is 69.2. The normalized spacial score (nSPS) is 13.3. The van der Waals surface area contributed by atoms with Crippen molar-refractivity contribution in [2.75, 3.05) is 0 Å². The van der Waals surface area contributed by atoms with E-state index >= 15 is 0 Å². The van der Waals surface area contributed by atoms with Crippen LogP contribution in [0, 0.1) is 0 Å². The molecule has 2 heterocycles. The van der Waals surface area contributed by atoms with Crippen LogP contribution in [-0.4, -0.2) is 18.9 Å². The van der Waals surface area contributed by atoms with Crippen LogP contribution in [0.3, 0.4) is 0 Å². The Bertz CT molecular complexity index is 1060. The van der Waals surface area contributed by atoms with Crippen molar-refractivity contribution in [1.82, 2.24) is 4.98 Å². The Morgan fingerprint density at radius 1 is 1.15 bits per heavy atom. The lowest BCUT2D eigenvalue weighted by molar-refractivity contribution is -0.0500. The third kappa shape index (κ3) is 3.56. The minimum Gasteiger partial charge on any atom is -0.454 e. The van der Waals surface area contributed by atoms with Gasteiger partial charge in [0.05, 0.1) is 5.69 Å². The first kappa shape index (κ1) is 18.7. The molecule has 26 heavy (non-hydrogen) atoms. The smallest absolute Gasteiger partial charge is 0.454 e. The van der Waals surface area contributed by atoms with Crippen LogP contribution in [0.1, 0.15) is 26.5 Å². The molecule has 3 rings (SSSR count). The lowest BCUT2D eigenvalue weighted by Gasteiger charge is -2.13. The van der Waals surface area contributed by atoms with Crippen molar-refractivity contribution in [3.05, 3.63) is 35.3 Å². The number of fused-ring (bicyclic) bond motifs is 1. The van der Waals surface area contributed by atoms with E-state index in [2.05, 4.69) is 9.17 Å². The first-order chi connectivity index (χ1) is 11.9. The Hall–Kier alpha value is -2.07. The predicted molar refractivity (Wildman–Crippen MR) is 91.6 cm³/mol. The monoisotopic (exact) mass is 405 g/mol. The maximum absolute atomic E-state index is 12.4. The van der Waals surface area contributed by atoms with Gasteiger partial charge in [-0.15, -0.1) is 11.3 Å². The Morgan fingerprint density at radius 3 is 2.42 bits per heavy atom. The van der Waals surface area contributed by atoms with E-state index in [1.165, 1.54) is 23.5 Å². The van der Waals surface area contributed by atoms with Gasteiger partial charge in [-0.2, -0.15) is 21.6 Å². The summed E-state index contributed by atoms with van der Waals surface area (Å²) in [5.74, 6) is -0.00646. The standard InChI is InChI=1S/C16H14F3NO4S2/c1-15(2,3)13-8-25-14(20-13)12-7-9-6-10(4-5-11(9)23-12)24-26(21,22)16(17,18)19/h4-8H,1-3H3. The molecule has 0 bridgehead atoms. The molecule has 140 valence electrons. The average molecular weight is 405 g/mol. The molecular formula is C16H14F3NO4S2. The minimum atomic E-state index is -5.72. The molecule has 0 aliphatic carbocycles. The van der Waals surface area contributed by atoms with Crippen LogP contribution < -0.4 is 4.18 Å². The summed E-state index contributed by atoms with van der Waals surface area (Å²) >= 11 is 1.38. The van der Waals surface area contributed by atoms with E-state index in [1.807, 2.05) is 26.2 Å². The van der Waals surface area contributed by atoms with E-state index in [0.717, 1.165) is 11.8 Å². The number of hydrogen-bond donors (Lipinski definition) is 0. The van der Waals surface area contributed by atoms with Crippen molar-refractivity contribution in [1.29, 1.82) is 0 Å². The number of furan rings is 1. The maximum atomic E-state index is 12.4. The highest BCUT2D eigenvalue weighted by atomic mass is 32.2. The fourth-order valence-electron chi connectivity index (χ4n) is 2.08. The highest BCUT2D eigenvalue weighted by Crippen LogP contribution is 2.35. The molecule has 0 spiro atoms. The topological polar surface area (TPSA) is 69.4 Å². The van der Waals surface area contributed by atoms with Crippen LogP contribution in [0.5, 0.6) is 5.75 Å². The number of halogens is 3. The van der Waals surface area contributed by atoms with Crippen molar-refractivity contribution < 1.29 is 30.2 Å². The van der Waals surface area contributed by atoms with Crippen LogP contribution >= 0.6 is 11.3 Å². The first-order valence-corrected chi connectivity index (χ1v) is 9.66. The number of thiazole rings is 1. The van der Waals surface area contributed by atoms with E-state index in [0.29, 0.717) is 21.7 Å². The zero-order chi connectivity index (χ0) is 19.3. The lowest BCUT2D eigenvalue weighted by atomic mass is 9.93. The van der Waals surface area contributed by atoms with Crippen molar-refractivity contribution in [2.45, 2.75) is 31.7 Å². The molecule has 0 aliphatic rings. The summed E-state index contributed by atoms with van der Waals surface area (Å²) in [6, 6.07) is 5.19. The summed E-state index contributed by atoms with van der Waals surface area (Å²) in [6.45, 7) is 6.07. The molecule has 3 aromatic rings. The van der Waals surface area contributed by atoms with Crippen LogP contribution in [0.4, 0.5) is 13.2 Å². The van der Waals surface area contributed by atoms with Gasteiger partial charge in [-0.3, -0.25) is 0 Å². The molecule has 2 aromatic heterocycles. The number of nitrogens with zero attached hydrogens (tertiary/aromatic N) is 1. The van der Waals surface area contributed by atoms with E-state index in [4.69, 9.17) is 4.42 Å². The van der Waals surface area contributed by atoms with Gasteiger partial charge >= 0.3 is 15.6 Å². The number of rotatable bonds is 3. The van der Waals surface area contributed by atoms with E-state index in [-0.39, 0.29) is 5.41 Å². The molecule has 10 heteroatoms. The number of alkyl halides is 3. The molecule has 0 unspecified atom stereocenters. The molecule has 0 fully saturated rings. The summed E-state index contributed by atoms with van der Waals surface area (Å²) in [5.41, 5.74) is -4.36. The number of hydrogen-bond acceptors (Lipinski definition) is 6. The van der Waals surface area contributed by atoms with Gasteiger partial charge in [0.1, 0.15) is 11.3 Å². The van der Waals surface area contributed by atoms with Crippen LogP contribution in [0.2, 0.25) is 0 Å². The second kappa shape index (κ2) is 5.98. The highest BCUT2D eigenvalue weighted by molar-refractivity contribution is 7.88. The third-order valence-corrected chi connectivity index (χ3v) is 5.30. The quantitative estimate of drug-likeness (QED) is 0.449. The molecule has 1 aromatic carbocycles. The maximum Gasteiger partial charge on any atom is 0.534 e. The van der Waals surface area contributed by atoms with Gasteiger partial charge in [0.15, 0.2) is 10.8 Å². The van der Waals surface area contributed by atoms with Crippen LogP contribution in [0.25, 0.3) is 21.7 Å². The highest BCUT2D eigenvalue weighted by Gasteiger charge is 2.48. The molecule has 0 N–H and O–H groups in total. The average Bonchev–Trinajstić information content (AvgIpc) is 3.11. The Balaban J connectivity index is 1.94. The van der Waals surface area contributed by atoms with Gasteiger partial charge in [-0.1, -0.05) is 20.8 Å². The zero-order valence-electron chi connectivity index (χ0n) is 13.9. The minimum absolute atomic E-state index is 0.131. The van der Waals surface area contributed by atoms with Gasteiger partial charge in [0.2, 0.25) is 0 Å². The molecule has 0 saturated carbocycles. The largest absolute Gasteiger partial charge is 0.534 e. The molecular weight excluding hydrogens is 391 g/mol. The van der Waals surface area contributed by atoms with Crippen molar-refractivity contribution in [2.24, 2.45) is 0 Å².